The Hall–Kier alpha value is -1.26. The molecule has 18 heavy (non-hydrogen) atoms. The predicted molar refractivity (Wildman–Crippen MR) is 69.3 cm³/mol. The quantitative estimate of drug-likeness (QED) is 0.680. The van der Waals surface area contributed by atoms with Gasteiger partial charge in [-0.05, 0) is 18.8 Å². The molecule has 0 aromatic carbocycles. The standard InChI is InChI=1S/C13H25NO4/c1-5-8-17-12(15)11(10(4)7-3)14-13(16)18-9-6-2/h10-11H,5-9H2,1-4H3,(H,14,16)/t10?,11-/m0/s1. The van der Waals surface area contributed by atoms with E-state index in [-0.39, 0.29) is 11.9 Å². The largest absolute Gasteiger partial charge is 0.464 e. The van der Waals surface area contributed by atoms with E-state index >= 15 is 0 Å². The van der Waals surface area contributed by atoms with Crippen LogP contribution in [0, 0.1) is 5.92 Å². The Labute approximate surface area is 109 Å². The van der Waals surface area contributed by atoms with E-state index in [1.54, 1.807) is 0 Å². The average Bonchev–Trinajstić information content (AvgIpc) is 2.38. The Bertz CT molecular complexity index is 255. The zero-order valence-corrected chi connectivity index (χ0v) is 11.8. The maximum atomic E-state index is 11.8. The second kappa shape index (κ2) is 9.74. The topological polar surface area (TPSA) is 64.6 Å². The summed E-state index contributed by atoms with van der Waals surface area (Å²) in [4.78, 5) is 23.3. The number of hydrogen-bond acceptors (Lipinski definition) is 4. The van der Waals surface area contributed by atoms with Crippen molar-refractivity contribution >= 4 is 12.1 Å². The molecule has 0 aromatic heterocycles. The van der Waals surface area contributed by atoms with Gasteiger partial charge in [-0.1, -0.05) is 34.1 Å². The van der Waals surface area contributed by atoms with Crippen molar-refractivity contribution in [3.63, 3.8) is 0 Å². The predicted octanol–water partition coefficient (Wildman–Crippen LogP) is 2.49. The Morgan fingerprint density at radius 1 is 1.06 bits per heavy atom. The lowest BCUT2D eigenvalue weighted by molar-refractivity contribution is -0.147. The molecule has 5 nitrogen and oxygen atoms in total. The third-order valence-electron chi connectivity index (χ3n) is 2.63. The maximum Gasteiger partial charge on any atom is 0.407 e. The van der Waals surface area contributed by atoms with Gasteiger partial charge in [-0.25, -0.2) is 9.59 Å². The first kappa shape index (κ1) is 16.7. The van der Waals surface area contributed by atoms with Crippen molar-refractivity contribution in [2.24, 2.45) is 5.92 Å². The number of hydrogen-bond donors (Lipinski definition) is 1. The zero-order valence-electron chi connectivity index (χ0n) is 11.8. The van der Waals surface area contributed by atoms with Gasteiger partial charge in [0.1, 0.15) is 6.04 Å². The number of alkyl carbamates (subject to hydrolysis) is 1. The monoisotopic (exact) mass is 259 g/mol. The number of esters is 1. The van der Waals surface area contributed by atoms with Crippen LogP contribution in [0.25, 0.3) is 0 Å². The van der Waals surface area contributed by atoms with Gasteiger partial charge in [0.05, 0.1) is 13.2 Å². The Balaban J connectivity index is 4.39. The van der Waals surface area contributed by atoms with Gasteiger partial charge in [-0.3, -0.25) is 0 Å². The fourth-order valence-electron chi connectivity index (χ4n) is 1.33. The van der Waals surface area contributed by atoms with Crippen molar-refractivity contribution in [1.29, 1.82) is 0 Å². The van der Waals surface area contributed by atoms with Gasteiger partial charge in [0.2, 0.25) is 0 Å². The van der Waals surface area contributed by atoms with Crippen LogP contribution < -0.4 is 5.32 Å². The molecule has 0 bridgehead atoms. The molecule has 0 radical (unpaired) electrons. The van der Waals surface area contributed by atoms with Crippen LogP contribution >= 0.6 is 0 Å². The zero-order chi connectivity index (χ0) is 14.0. The van der Waals surface area contributed by atoms with Crippen LogP contribution in [-0.2, 0) is 14.3 Å². The van der Waals surface area contributed by atoms with Gasteiger partial charge in [0.15, 0.2) is 0 Å². The van der Waals surface area contributed by atoms with Gasteiger partial charge in [-0.2, -0.15) is 0 Å². The van der Waals surface area contributed by atoms with E-state index < -0.39 is 12.1 Å². The van der Waals surface area contributed by atoms with Crippen molar-refractivity contribution < 1.29 is 19.1 Å². The van der Waals surface area contributed by atoms with Crippen molar-refractivity contribution in [3.8, 4) is 0 Å². The minimum atomic E-state index is -0.633. The molecule has 0 rings (SSSR count). The smallest absolute Gasteiger partial charge is 0.407 e. The summed E-state index contributed by atoms with van der Waals surface area (Å²) in [7, 11) is 0. The minimum absolute atomic E-state index is 0.0172. The lowest BCUT2D eigenvalue weighted by atomic mass is 9.99. The number of carbonyl (C=O) groups is 2. The lowest BCUT2D eigenvalue weighted by Crippen LogP contribution is -2.46. The van der Waals surface area contributed by atoms with Gasteiger partial charge in [0.25, 0.3) is 0 Å². The Morgan fingerprint density at radius 2 is 1.61 bits per heavy atom. The SMILES string of the molecule is CCCOC(=O)N[C@H](C(=O)OCCC)C(C)CC. The highest BCUT2D eigenvalue weighted by molar-refractivity contribution is 5.81. The molecular formula is C13H25NO4. The number of rotatable bonds is 8. The summed E-state index contributed by atoms with van der Waals surface area (Å²) in [6.07, 6.45) is 1.73. The molecule has 0 heterocycles. The third kappa shape index (κ3) is 6.47. The van der Waals surface area contributed by atoms with E-state index in [9.17, 15) is 9.59 Å². The fraction of sp³-hybridized carbons (Fsp3) is 0.846. The molecule has 1 amide bonds. The maximum absolute atomic E-state index is 11.8. The van der Waals surface area contributed by atoms with Gasteiger partial charge >= 0.3 is 12.1 Å². The highest BCUT2D eigenvalue weighted by Crippen LogP contribution is 2.10. The number of nitrogens with one attached hydrogen (secondary N) is 1. The third-order valence-corrected chi connectivity index (χ3v) is 2.63. The Kier molecular flexibility index (Phi) is 9.06. The van der Waals surface area contributed by atoms with Crippen molar-refractivity contribution in [2.75, 3.05) is 13.2 Å². The van der Waals surface area contributed by atoms with E-state index in [1.807, 2.05) is 27.7 Å². The van der Waals surface area contributed by atoms with Gasteiger partial charge < -0.3 is 14.8 Å². The molecule has 1 N–H and O–H groups in total. The molecule has 0 saturated heterocycles. The van der Waals surface area contributed by atoms with E-state index in [2.05, 4.69) is 5.32 Å². The first-order valence-electron chi connectivity index (χ1n) is 6.66. The average molecular weight is 259 g/mol. The molecule has 2 atom stereocenters. The summed E-state index contributed by atoms with van der Waals surface area (Å²) in [5.74, 6) is -0.372. The van der Waals surface area contributed by atoms with Crippen molar-refractivity contribution in [3.05, 3.63) is 0 Å². The van der Waals surface area contributed by atoms with Crippen LogP contribution in [0.4, 0.5) is 4.79 Å². The molecule has 0 aliphatic rings. The summed E-state index contributed by atoms with van der Waals surface area (Å²) in [6, 6.07) is -0.633. The number of ether oxygens (including phenoxy) is 2. The second-order valence-electron chi connectivity index (χ2n) is 4.31. The summed E-state index contributed by atoms with van der Waals surface area (Å²) < 4.78 is 9.99. The van der Waals surface area contributed by atoms with Crippen LogP contribution in [-0.4, -0.2) is 31.3 Å². The first-order valence-corrected chi connectivity index (χ1v) is 6.66. The molecule has 0 aliphatic heterocycles. The molecule has 0 saturated carbocycles. The minimum Gasteiger partial charge on any atom is -0.464 e. The van der Waals surface area contributed by atoms with Crippen LogP contribution in [0.5, 0.6) is 0 Å². The first-order chi connectivity index (χ1) is 8.56. The van der Waals surface area contributed by atoms with Crippen LogP contribution in [0.2, 0.25) is 0 Å². The fourth-order valence-corrected chi connectivity index (χ4v) is 1.33. The van der Waals surface area contributed by atoms with Gasteiger partial charge in [-0.15, -0.1) is 0 Å². The highest BCUT2D eigenvalue weighted by Gasteiger charge is 2.27. The van der Waals surface area contributed by atoms with E-state index in [1.165, 1.54) is 0 Å². The molecule has 5 heteroatoms. The van der Waals surface area contributed by atoms with E-state index in [4.69, 9.17) is 9.47 Å². The van der Waals surface area contributed by atoms with Crippen LogP contribution in [0.1, 0.15) is 47.0 Å². The van der Waals surface area contributed by atoms with Crippen molar-refractivity contribution in [1.82, 2.24) is 5.32 Å². The Morgan fingerprint density at radius 3 is 2.11 bits per heavy atom. The lowest BCUT2D eigenvalue weighted by Gasteiger charge is -2.22. The number of carbonyl (C=O) groups excluding carboxylic acids is 2. The molecule has 0 aromatic rings. The molecule has 106 valence electrons. The van der Waals surface area contributed by atoms with Crippen LogP contribution in [0.3, 0.4) is 0 Å². The number of amides is 1. The summed E-state index contributed by atoms with van der Waals surface area (Å²) in [5, 5.41) is 2.58. The van der Waals surface area contributed by atoms with E-state index in [0.29, 0.717) is 13.2 Å². The van der Waals surface area contributed by atoms with Gasteiger partial charge in [0, 0.05) is 0 Å². The molecule has 1 unspecified atom stereocenters. The molecular weight excluding hydrogens is 234 g/mol. The second-order valence-corrected chi connectivity index (χ2v) is 4.31. The summed E-state index contributed by atoms with van der Waals surface area (Å²) >= 11 is 0. The highest BCUT2D eigenvalue weighted by atomic mass is 16.6. The molecule has 0 spiro atoms. The molecule has 0 aliphatic carbocycles. The van der Waals surface area contributed by atoms with Crippen LogP contribution in [0.15, 0.2) is 0 Å². The normalized spacial score (nSPS) is 13.6. The molecule has 0 fully saturated rings. The summed E-state index contributed by atoms with van der Waals surface area (Å²) in [6.45, 7) is 8.42. The van der Waals surface area contributed by atoms with Crippen molar-refractivity contribution in [2.45, 2.75) is 53.0 Å². The van der Waals surface area contributed by atoms with E-state index in [0.717, 1.165) is 19.3 Å². The summed E-state index contributed by atoms with van der Waals surface area (Å²) in [5.41, 5.74) is 0.